The molecule has 20 heavy (non-hydrogen) atoms. The van der Waals surface area contributed by atoms with Gasteiger partial charge < -0.3 is 11.1 Å². The lowest BCUT2D eigenvalue weighted by molar-refractivity contribution is -0.116. The number of benzene rings is 1. The van der Waals surface area contributed by atoms with Crippen LogP contribution in [0.1, 0.15) is 32.6 Å². The van der Waals surface area contributed by atoms with E-state index in [4.69, 9.17) is 28.9 Å². The van der Waals surface area contributed by atoms with Gasteiger partial charge in [0.15, 0.2) is 0 Å². The van der Waals surface area contributed by atoms with Crippen LogP contribution in [0.2, 0.25) is 10.0 Å². The maximum absolute atomic E-state index is 13.0. The maximum Gasteiger partial charge on any atom is 0.224 e. The van der Waals surface area contributed by atoms with Crippen LogP contribution in [0.5, 0.6) is 0 Å². The molecule has 0 saturated heterocycles. The van der Waals surface area contributed by atoms with Crippen LogP contribution in [0.15, 0.2) is 12.1 Å². The summed E-state index contributed by atoms with van der Waals surface area (Å²) in [7, 11) is 0. The number of halogens is 3. The lowest BCUT2D eigenvalue weighted by atomic mass is 9.96. The summed E-state index contributed by atoms with van der Waals surface area (Å²) in [5.41, 5.74) is 5.77. The van der Waals surface area contributed by atoms with Crippen molar-refractivity contribution in [1.82, 2.24) is 0 Å². The molecule has 1 atom stereocenters. The van der Waals surface area contributed by atoms with E-state index in [0.29, 0.717) is 18.9 Å². The summed E-state index contributed by atoms with van der Waals surface area (Å²) in [6, 6.07) is 2.23. The minimum absolute atomic E-state index is 0.0948. The Bertz CT molecular complexity index is 445. The number of carbonyl (C=O) groups is 1. The molecule has 0 spiro atoms. The number of rotatable bonds is 7. The van der Waals surface area contributed by atoms with Gasteiger partial charge in [-0.05, 0) is 37.4 Å². The number of nitrogens with two attached hydrogens (primary N) is 1. The van der Waals surface area contributed by atoms with E-state index in [1.54, 1.807) is 0 Å². The minimum Gasteiger partial charge on any atom is -0.330 e. The molecule has 1 rings (SSSR count). The van der Waals surface area contributed by atoms with Crippen molar-refractivity contribution in [3.8, 4) is 0 Å². The Morgan fingerprint density at radius 2 is 1.95 bits per heavy atom. The molecule has 0 aliphatic rings. The van der Waals surface area contributed by atoms with E-state index in [1.807, 2.05) is 0 Å². The van der Waals surface area contributed by atoms with E-state index in [-0.39, 0.29) is 21.6 Å². The predicted octanol–water partition coefficient (Wildman–Crippen LogP) is 4.23. The molecule has 3 nitrogen and oxygen atoms in total. The van der Waals surface area contributed by atoms with Crippen LogP contribution in [-0.4, -0.2) is 12.5 Å². The van der Waals surface area contributed by atoms with Crippen molar-refractivity contribution in [3.63, 3.8) is 0 Å². The van der Waals surface area contributed by atoms with Crippen LogP contribution in [0, 0.1) is 11.7 Å². The fourth-order valence-corrected chi connectivity index (χ4v) is 2.54. The van der Waals surface area contributed by atoms with Gasteiger partial charge in [-0.1, -0.05) is 36.5 Å². The van der Waals surface area contributed by atoms with E-state index < -0.39 is 5.82 Å². The summed E-state index contributed by atoms with van der Waals surface area (Å²) in [6.45, 7) is 2.70. The molecular weight excluding hydrogens is 302 g/mol. The third kappa shape index (κ3) is 5.27. The monoisotopic (exact) mass is 320 g/mol. The molecule has 0 radical (unpaired) electrons. The number of hydrogen-bond donors (Lipinski definition) is 2. The van der Waals surface area contributed by atoms with Crippen LogP contribution in [0.3, 0.4) is 0 Å². The summed E-state index contributed by atoms with van der Waals surface area (Å²) in [5, 5.41) is 2.82. The molecule has 3 N–H and O–H groups in total. The summed E-state index contributed by atoms with van der Waals surface area (Å²) >= 11 is 11.7. The van der Waals surface area contributed by atoms with E-state index in [9.17, 15) is 9.18 Å². The second-order valence-electron chi connectivity index (χ2n) is 4.68. The first-order valence-electron chi connectivity index (χ1n) is 6.62. The lowest BCUT2D eigenvalue weighted by Gasteiger charge is -2.14. The molecular formula is C14H19Cl2FN2O. The highest BCUT2D eigenvalue weighted by Gasteiger charge is 2.13. The van der Waals surface area contributed by atoms with Gasteiger partial charge in [0.2, 0.25) is 5.91 Å². The maximum atomic E-state index is 13.0. The van der Waals surface area contributed by atoms with Gasteiger partial charge in [0.05, 0.1) is 15.7 Å². The fourth-order valence-electron chi connectivity index (χ4n) is 1.99. The Labute approximate surface area is 128 Å². The van der Waals surface area contributed by atoms with Gasteiger partial charge in [0, 0.05) is 6.42 Å². The zero-order chi connectivity index (χ0) is 15.1. The van der Waals surface area contributed by atoms with Gasteiger partial charge in [-0.3, -0.25) is 4.79 Å². The molecule has 112 valence electrons. The second kappa shape index (κ2) is 8.45. The lowest BCUT2D eigenvalue weighted by Crippen LogP contribution is -2.15. The van der Waals surface area contributed by atoms with Crippen molar-refractivity contribution < 1.29 is 9.18 Å². The molecule has 1 unspecified atom stereocenters. The van der Waals surface area contributed by atoms with Crippen LogP contribution in [0.25, 0.3) is 0 Å². The Morgan fingerprint density at radius 3 is 2.45 bits per heavy atom. The van der Waals surface area contributed by atoms with E-state index in [0.717, 1.165) is 31.4 Å². The van der Waals surface area contributed by atoms with Crippen LogP contribution >= 0.6 is 23.2 Å². The average molecular weight is 321 g/mol. The van der Waals surface area contributed by atoms with Crippen LogP contribution < -0.4 is 11.1 Å². The predicted molar refractivity (Wildman–Crippen MR) is 81.7 cm³/mol. The quantitative estimate of drug-likeness (QED) is 0.790. The molecule has 0 saturated carbocycles. The van der Waals surface area contributed by atoms with Gasteiger partial charge in [-0.25, -0.2) is 4.39 Å². The highest BCUT2D eigenvalue weighted by molar-refractivity contribution is 6.39. The number of amides is 1. The normalized spacial score (nSPS) is 12.2. The van der Waals surface area contributed by atoms with Gasteiger partial charge in [-0.2, -0.15) is 0 Å². The van der Waals surface area contributed by atoms with Gasteiger partial charge >= 0.3 is 0 Å². The third-order valence-electron chi connectivity index (χ3n) is 3.20. The molecule has 0 aliphatic heterocycles. The van der Waals surface area contributed by atoms with Gasteiger partial charge in [0.25, 0.3) is 0 Å². The highest BCUT2D eigenvalue weighted by atomic mass is 35.5. The van der Waals surface area contributed by atoms with Crippen molar-refractivity contribution >= 4 is 34.8 Å². The van der Waals surface area contributed by atoms with Crippen LogP contribution in [-0.2, 0) is 4.79 Å². The second-order valence-corrected chi connectivity index (χ2v) is 5.50. The molecule has 1 aromatic carbocycles. The molecule has 0 bridgehead atoms. The topological polar surface area (TPSA) is 55.1 Å². The number of nitrogens with one attached hydrogen (secondary N) is 1. The Kier molecular flexibility index (Phi) is 7.27. The van der Waals surface area contributed by atoms with Crippen molar-refractivity contribution in [1.29, 1.82) is 0 Å². The van der Waals surface area contributed by atoms with E-state index in [2.05, 4.69) is 12.2 Å². The summed E-state index contributed by atoms with van der Waals surface area (Å²) < 4.78 is 13.0. The summed E-state index contributed by atoms with van der Waals surface area (Å²) in [6.07, 6.45) is 3.02. The SMILES string of the molecule is CCC(CCN)CCC(=O)Nc1c(Cl)cc(F)cc1Cl. The van der Waals surface area contributed by atoms with E-state index >= 15 is 0 Å². The van der Waals surface area contributed by atoms with Gasteiger partial charge in [0.1, 0.15) is 5.82 Å². The molecule has 0 aromatic heterocycles. The first kappa shape index (κ1) is 17.2. The highest BCUT2D eigenvalue weighted by Crippen LogP contribution is 2.31. The summed E-state index contributed by atoms with van der Waals surface area (Å²) in [5.74, 6) is -0.284. The molecule has 0 aliphatic carbocycles. The largest absolute Gasteiger partial charge is 0.330 e. The molecule has 0 heterocycles. The Morgan fingerprint density at radius 1 is 1.35 bits per heavy atom. The minimum atomic E-state index is -0.535. The Balaban J connectivity index is 2.59. The Hall–Kier alpha value is -0.840. The number of anilines is 1. The molecule has 1 amide bonds. The number of carbonyl (C=O) groups excluding carboxylic acids is 1. The molecule has 6 heteroatoms. The first-order chi connectivity index (χ1) is 9.47. The van der Waals surface area contributed by atoms with E-state index in [1.165, 1.54) is 0 Å². The fraction of sp³-hybridized carbons (Fsp3) is 0.500. The molecule has 0 fully saturated rings. The third-order valence-corrected chi connectivity index (χ3v) is 3.80. The average Bonchev–Trinajstić information content (AvgIpc) is 2.38. The number of hydrogen-bond acceptors (Lipinski definition) is 2. The zero-order valence-electron chi connectivity index (χ0n) is 11.4. The standard InChI is InChI=1S/C14H19Cl2FN2O/c1-2-9(5-6-18)3-4-13(20)19-14-11(15)7-10(17)8-12(14)16/h7-9H,2-6,18H2,1H3,(H,19,20). The smallest absolute Gasteiger partial charge is 0.224 e. The van der Waals surface area contributed by atoms with Gasteiger partial charge in [-0.15, -0.1) is 0 Å². The van der Waals surface area contributed by atoms with Crippen molar-refractivity contribution in [2.75, 3.05) is 11.9 Å². The van der Waals surface area contributed by atoms with Crippen molar-refractivity contribution in [2.45, 2.75) is 32.6 Å². The first-order valence-corrected chi connectivity index (χ1v) is 7.38. The molecule has 1 aromatic rings. The van der Waals surface area contributed by atoms with Crippen molar-refractivity contribution in [3.05, 3.63) is 28.0 Å². The van der Waals surface area contributed by atoms with Crippen molar-refractivity contribution in [2.24, 2.45) is 11.7 Å². The zero-order valence-corrected chi connectivity index (χ0v) is 12.9. The van der Waals surface area contributed by atoms with Crippen LogP contribution in [0.4, 0.5) is 10.1 Å². The summed E-state index contributed by atoms with van der Waals surface area (Å²) in [4.78, 5) is 11.9.